The van der Waals surface area contributed by atoms with Crippen LogP contribution in [0.25, 0.3) is 88.2 Å². The first-order valence-corrected chi connectivity index (χ1v) is 14.0. The number of hydrogen-bond donors (Lipinski definition) is 0. The van der Waals surface area contributed by atoms with Crippen LogP contribution in [0, 0.1) is 6.07 Å². The standard InChI is InChI=1S/C39H22NO2.Ir/c1-2-7-24(8-3-1)27-13-15-36-31(18-27)33-21-34-32-19-28(14-16-37(32)42-39(34)22-38(33)41-36)25-11-6-12-29(17-25)35-20-26-9-4-5-10-30(26)23-40-35;/h1-11,13-23H;/q-1;. The third kappa shape index (κ3) is 4.27. The van der Waals surface area contributed by atoms with E-state index in [1.165, 1.54) is 16.5 Å². The van der Waals surface area contributed by atoms with Gasteiger partial charge in [-0.05, 0) is 63.5 Å². The molecule has 9 rings (SSSR count). The molecule has 3 aromatic heterocycles. The van der Waals surface area contributed by atoms with E-state index in [9.17, 15) is 0 Å². The van der Waals surface area contributed by atoms with Crippen molar-refractivity contribution < 1.29 is 28.9 Å². The summed E-state index contributed by atoms with van der Waals surface area (Å²) in [7, 11) is 0. The maximum Gasteiger partial charge on any atom is 0.139 e. The van der Waals surface area contributed by atoms with E-state index in [0.29, 0.717) is 0 Å². The quantitative estimate of drug-likeness (QED) is 0.170. The Bertz CT molecular complexity index is 2470. The molecule has 0 N–H and O–H groups in total. The Labute approximate surface area is 260 Å². The van der Waals surface area contributed by atoms with Crippen molar-refractivity contribution in [1.82, 2.24) is 4.98 Å². The molecule has 4 heteroatoms. The average molecular weight is 729 g/mol. The van der Waals surface area contributed by atoms with Crippen molar-refractivity contribution in [1.29, 1.82) is 0 Å². The molecule has 0 amide bonds. The van der Waals surface area contributed by atoms with Crippen molar-refractivity contribution in [2.75, 3.05) is 0 Å². The second kappa shape index (κ2) is 10.1. The number of rotatable bonds is 3. The van der Waals surface area contributed by atoms with Crippen molar-refractivity contribution in [3.8, 4) is 33.5 Å². The number of hydrogen-bond acceptors (Lipinski definition) is 3. The van der Waals surface area contributed by atoms with E-state index in [1.54, 1.807) is 0 Å². The van der Waals surface area contributed by atoms with E-state index in [1.807, 2.05) is 30.5 Å². The number of nitrogens with zero attached hydrogens (tertiary/aromatic N) is 1. The first-order valence-electron chi connectivity index (χ1n) is 14.0. The summed E-state index contributed by atoms with van der Waals surface area (Å²) in [4.78, 5) is 4.71. The largest absolute Gasteiger partial charge is 0.456 e. The van der Waals surface area contributed by atoms with Gasteiger partial charge in [0, 0.05) is 53.9 Å². The molecule has 3 nitrogen and oxygen atoms in total. The average Bonchev–Trinajstić information content (AvgIpc) is 3.60. The normalized spacial score (nSPS) is 11.5. The summed E-state index contributed by atoms with van der Waals surface area (Å²) in [6.45, 7) is 0. The van der Waals surface area contributed by atoms with Crippen molar-refractivity contribution >= 4 is 54.6 Å². The zero-order valence-corrected chi connectivity index (χ0v) is 25.2. The molecule has 205 valence electrons. The van der Waals surface area contributed by atoms with Gasteiger partial charge in [0.2, 0.25) is 0 Å². The Morgan fingerprint density at radius 1 is 0.465 bits per heavy atom. The van der Waals surface area contributed by atoms with E-state index >= 15 is 0 Å². The zero-order chi connectivity index (χ0) is 27.6. The summed E-state index contributed by atoms with van der Waals surface area (Å²) in [5, 5.41) is 6.64. The van der Waals surface area contributed by atoms with Crippen LogP contribution in [0.15, 0.2) is 142 Å². The van der Waals surface area contributed by atoms with Crippen LogP contribution in [0.1, 0.15) is 0 Å². The van der Waals surface area contributed by atoms with Gasteiger partial charge in [-0.2, -0.15) is 0 Å². The molecular weight excluding hydrogens is 707 g/mol. The molecule has 0 atom stereocenters. The first kappa shape index (κ1) is 25.7. The molecule has 6 aromatic carbocycles. The maximum atomic E-state index is 6.30. The van der Waals surface area contributed by atoms with Gasteiger partial charge in [-0.1, -0.05) is 72.8 Å². The second-order valence-electron chi connectivity index (χ2n) is 10.7. The topological polar surface area (TPSA) is 39.2 Å². The summed E-state index contributed by atoms with van der Waals surface area (Å²) in [6.07, 6.45) is 1.93. The van der Waals surface area contributed by atoms with Gasteiger partial charge < -0.3 is 13.8 Å². The minimum absolute atomic E-state index is 0. The van der Waals surface area contributed by atoms with Crippen LogP contribution < -0.4 is 0 Å². The van der Waals surface area contributed by atoms with Gasteiger partial charge in [-0.15, -0.1) is 35.4 Å². The van der Waals surface area contributed by atoms with Crippen molar-refractivity contribution in [2.24, 2.45) is 0 Å². The van der Waals surface area contributed by atoms with Crippen LogP contribution >= 0.6 is 0 Å². The first-order chi connectivity index (χ1) is 20.8. The van der Waals surface area contributed by atoms with E-state index in [-0.39, 0.29) is 20.1 Å². The number of furan rings is 2. The molecule has 3 heterocycles. The van der Waals surface area contributed by atoms with Gasteiger partial charge >= 0.3 is 0 Å². The Hall–Kier alpha value is -5.02. The van der Waals surface area contributed by atoms with Crippen LogP contribution in [0.2, 0.25) is 0 Å². The second-order valence-corrected chi connectivity index (χ2v) is 10.7. The van der Waals surface area contributed by atoms with E-state index in [4.69, 9.17) is 13.8 Å². The minimum atomic E-state index is 0. The number of aromatic nitrogens is 1. The summed E-state index contributed by atoms with van der Waals surface area (Å²) < 4.78 is 12.6. The Morgan fingerprint density at radius 2 is 1.07 bits per heavy atom. The fourth-order valence-corrected chi connectivity index (χ4v) is 6.06. The van der Waals surface area contributed by atoms with Gasteiger partial charge in [-0.3, -0.25) is 0 Å². The monoisotopic (exact) mass is 729 g/mol. The van der Waals surface area contributed by atoms with Crippen LogP contribution in [-0.4, -0.2) is 4.98 Å². The molecule has 0 unspecified atom stereocenters. The van der Waals surface area contributed by atoms with Gasteiger partial charge in [0.1, 0.15) is 22.3 Å². The van der Waals surface area contributed by atoms with E-state index in [2.05, 4.69) is 109 Å². The molecular formula is C39H22IrNO2-. The van der Waals surface area contributed by atoms with Crippen LogP contribution in [-0.2, 0) is 20.1 Å². The van der Waals surface area contributed by atoms with Gasteiger partial charge in [0.15, 0.2) is 0 Å². The Kier molecular flexibility index (Phi) is 6.01. The molecule has 43 heavy (non-hydrogen) atoms. The van der Waals surface area contributed by atoms with Crippen molar-refractivity contribution in [3.63, 3.8) is 0 Å². The van der Waals surface area contributed by atoms with Crippen molar-refractivity contribution in [3.05, 3.63) is 140 Å². The van der Waals surface area contributed by atoms with Gasteiger partial charge in [0.25, 0.3) is 0 Å². The summed E-state index contributed by atoms with van der Waals surface area (Å²) in [5.41, 5.74) is 9.84. The van der Waals surface area contributed by atoms with E-state index in [0.717, 1.165) is 71.6 Å². The number of benzene rings is 6. The fraction of sp³-hybridized carbons (Fsp3) is 0. The predicted molar refractivity (Wildman–Crippen MR) is 171 cm³/mol. The smallest absolute Gasteiger partial charge is 0.139 e. The summed E-state index contributed by atoms with van der Waals surface area (Å²) >= 11 is 0. The fourth-order valence-electron chi connectivity index (χ4n) is 6.06. The molecule has 9 aromatic rings. The van der Waals surface area contributed by atoms with Gasteiger partial charge in [-0.25, -0.2) is 0 Å². The molecule has 0 saturated heterocycles. The molecule has 0 aliphatic carbocycles. The molecule has 0 aliphatic rings. The Balaban J connectivity index is 0.00000278. The molecule has 0 spiro atoms. The summed E-state index contributed by atoms with van der Waals surface area (Å²) in [5.74, 6) is 0. The number of pyridine rings is 1. The van der Waals surface area contributed by atoms with Gasteiger partial charge in [0.05, 0.1) is 0 Å². The molecule has 0 aliphatic heterocycles. The molecule has 1 radical (unpaired) electrons. The van der Waals surface area contributed by atoms with Crippen LogP contribution in [0.4, 0.5) is 0 Å². The maximum absolute atomic E-state index is 6.30. The van der Waals surface area contributed by atoms with Crippen LogP contribution in [0.5, 0.6) is 0 Å². The Morgan fingerprint density at radius 3 is 1.79 bits per heavy atom. The zero-order valence-electron chi connectivity index (χ0n) is 22.8. The third-order valence-electron chi connectivity index (χ3n) is 8.21. The van der Waals surface area contributed by atoms with Crippen molar-refractivity contribution in [2.45, 2.75) is 0 Å². The predicted octanol–water partition coefficient (Wildman–Crippen LogP) is 10.8. The molecule has 0 fully saturated rings. The van der Waals surface area contributed by atoms with Crippen LogP contribution in [0.3, 0.4) is 0 Å². The minimum Gasteiger partial charge on any atom is -0.456 e. The third-order valence-corrected chi connectivity index (χ3v) is 8.21. The SMILES string of the molecule is [Ir].[c-]1ccc(-c2ccc3oc4cc5oc6ccc(-c7ccccc7)cc6c5cc4c3c2)cc1-c1cc2ccccc2cn1. The molecule has 0 bridgehead atoms. The summed E-state index contributed by atoms with van der Waals surface area (Å²) in [6, 6.07) is 47.5. The number of fused-ring (bicyclic) bond motifs is 7. The molecule has 0 saturated carbocycles. The van der Waals surface area contributed by atoms with E-state index < -0.39 is 0 Å².